The molecular weight excluding hydrogens is 198 g/mol. The van der Waals surface area contributed by atoms with Gasteiger partial charge < -0.3 is 14.2 Å². The number of aromatic nitrogens is 1. The molecule has 0 unspecified atom stereocenters. The van der Waals surface area contributed by atoms with Crippen LogP contribution in [0.2, 0.25) is 0 Å². The van der Waals surface area contributed by atoms with Gasteiger partial charge in [-0.05, 0) is 12.1 Å². The van der Waals surface area contributed by atoms with Crippen molar-refractivity contribution < 1.29 is 19.0 Å². The van der Waals surface area contributed by atoms with Gasteiger partial charge >= 0.3 is 5.97 Å². The summed E-state index contributed by atoms with van der Waals surface area (Å²) in [6, 6.07) is 3.33. The molecule has 0 bridgehead atoms. The number of hydrogen-bond acceptors (Lipinski definition) is 5. The molecule has 15 heavy (non-hydrogen) atoms. The lowest BCUT2D eigenvalue weighted by Gasteiger charge is -2.07. The van der Waals surface area contributed by atoms with Crippen LogP contribution in [0.25, 0.3) is 0 Å². The Kier molecular flexibility index (Phi) is 2.94. The fourth-order valence-electron chi connectivity index (χ4n) is 1.31. The number of rotatable bonds is 2. The molecule has 1 fully saturated rings. The summed E-state index contributed by atoms with van der Waals surface area (Å²) in [5, 5.41) is 0. The summed E-state index contributed by atoms with van der Waals surface area (Å²) in [7, 11) is 1.33. The molecule has 1 aromatic heterocycles. The summed E-state index contributed by atoms with van der Waals surface area (Å²) < 4.78 is 15.1. The smallest absolute Gasteiger partial charge is 0.339 e. The molecule has 1 saturated heterocycles. The van der Waals surface area contributed by atoms with Crippen LogP contribution in [0.3, 0.4) is 0 Å². The third-order valence-corrected chi connectivity index (χ3v) is 2.07. The van der Waals surface area contributed by atoms with E-state index in [1.54, 1.807) is 12.1 Å². The second kappa shape index (κ2) is 4.37. The highest BCUT2D eigenvalue weighted by Crippen LogP contribution is 2.21. The summed E-state index contributed by atoms with van der Waals surface area (Å²) >= 11 is 0. The molecule has 0 amide bonds. The fraction of sp³-hybridized carbons (Fsp3) is 0.400. The van der Waals surface area contributed by atoms with Crippen LogP contribution >= 0.6 is 0 Å². The first kappa shape index (κ1) is 10.1. The van der Waals surface area contributed by atoms with E-state index in [4.69, 9.17) is 9.47 Å². The van der Waals surface area contributed by atoms with Gasteiger partial charge in [0, 0.05) is 6.20 Å². The molecule has 5 nitrogen and oxygen atoms in total. The molecule has 1 aliphatic rings. The number of pyridine rings is 1. The summed E-state index contributed by atoms with van der Waals surface area (Å²) in [5.41, 5.74) is 1.08. The number of nitrogens with zero attached hydrogens (tertiary/aromatic N) is 1. The van der Waals surface area contributed by atoms with Crippen molar-refractivity contribution in [2.24, 2.45) is 0 Å². The van der Waals surface area contributed by atoms with Gasteiger partial charge in [0.1, 0.15) is 0 Å². The molecular formula is C10H11NO4. The lowest BCUT2D eigenvalue weighted by molar-refractivity contribution is -0.0473. The highest BCUT2D eigenvalue weighted by atomic mass is 16.7. The minimum atomic E-state index is -0.406. The Balaban J connectivity index is 2.12. The minimum Gasteiger partial charge on any atom is -0.465 e. The lowest BCUT2D eigenvalue weighted by Crippen LogP contribution is -2.05. The zero-order chi connectivity index (χ0) is 10.7. The number of carbonyl (C=O) groups excluding carboxylic acids is 1. The second-order valence-electron chi connectivity index (χ2n) is 3.04. The van der Waals surface area contributed by atoms with Crippen molar-refractivity contribution in [2.45, 2.75) is 6.29 Å². The van der Waals surface area contributed by atoms with Crippen LogP contribution in [-0.4, -0.2) is 31.3 Å². The maximum absolute atomic E-state index is 11.1. The van der Waals surface area contributed by atoms with Crippen LogP contribution in [0.5, 0.6) is 0 Å². The van der Waals surface area contributed by atoms with E-state index >= 15 is 0 Å². The molecule has 80 valence electrons. The summed E-state index contributed by atoms with van der Waals surface area (Å²) in [6.07, 6.45) is 1.04. The Morgan fingerprint density at radius 3 is 2.73 bits per heavy atom. The summed E-state index contributed by atoms with van der Waals surface area (Å²) in [6.45, 7) is 1.15. The van der Waals surface area contributed by atoms with Crippen molar-refractivity contribution >= 4 is 5.97 Å². The molecule has 0 radical (unpaired) electrons. The van der Waals surface area contributed by atoms with Crippen molar-refractivity contribution in [1.82, 2.24) is 4.98 Å². The lowest BCUT2D eigenvalue weighted by atomic mass is 10.2. The molecule has 2 heterocycles. The number of methoxy groups -OCH3 is 1. The first-order valence-corrected chi connectivity index (χ1v) is 4.59. The van der Waals surface area contributed by atoms with E-state index in [2.05, 4.69) is 9.72 Å². The predicted octanol–water partition coefficient (Wildman–Crippen LogP) is 0.914. The molecule has 0 saturated carbocycles. The predicted molar refractivity (Wildman–Crippen MR) is 50.2 cm³/mol. The third kappa shape index (κ3) is 2.14. The van der Waals surface area contributed by atoms with E-state index in [-0.39, 0.29) is 0 Å². The van der Waals surface area contributed by atoms with Gasteiger partial charge in [-0.15, -0.1) is 0 Å². The standard InChI is InChI=1S/C10H11NO4/c1-13-9(12)7-2-3-8(11-6-7)10-14-4-5-15-10/h2-3,6,10H,4-5H2,1H3. The van der Waals surface area contributed by atoms with Gasteiger partial charge in [-0.25, -0.2) is 4.79 Å². The van der Waals surface area contributed by atoms with Gasteiger partial charge in [-0.2, -0.15) is 0 Å². The zero-order valence-corrected chi connectivity index (χ0v) is 8.30. The highest BCUT2D eigenvalue weighted by molar-refractivity contribution is 5.88. The zero-order valence-electron chi connectivity index (χ0n) is 8.30. The Morgan fingerprint density at radius 2 is 2.20 bits per heavy atom. The van der Waals surface area contributed by atoms with Crippen molar-refractivity contribution in [3.05, 3.63) is 29.6 Å². The van der Waals surface area contributed by atoms with Gasteiger partial charge in [0.2, 0.25) is 6.29 Å². The van der Waals surface area contributed by atoms with Crippen LogP contribution in [0.4, 0.5) is 0 Å². The van der Waals surface area contributed by atoms with E-state index in [0.29, 0.717) is 24.5 Å². The van der Waals surface area contributed by atoms with Gasteiger partial charge in [0.05, 0.1) is 31.6 Å². The number of esters is 1. The van der Waals surface area contributed by atoms with Gasteiger partial charge in [-0.3, -0.25) is 4.98 Å². The van der Waals surface area contributed by atoms with Crippen molar-refractivity contribution in [1.29, 1.82) is 0 Å². The SMILES string of the molecule is COC(=O)c1ccc(C2OCCO2)nc1. The maximum atomic E-state index is 11.1. The second-order valence-corrected chi connectivity index (χ2v) is 3.04. The molecule has 0 N–H and O–H groups in total. The van der Waals surface area contributed by atoms with Crippen molar-refractivity contribution in [3.8, 4) is 0 Å². The number of ether oxygens (including phenoxy) is 3. The van der Waals surface area contributed by atoms with E-state index < -0.39 is 12.3 Å². The molecule has 0 aliphatic carbocycles. The van der Waals surface area contributed by atoms with Gasteiger partial charge in [0.25, 0.3) is 0 Å². The Labute approximate surface area is 87.0 Å². The Bertz CT molecular complexity index is 343. The van der Waals surface area contributed by atoms with Crippen LogP contribution < -0.4 is 0 Å². The first-order chi connectivity index (χ1) is 7.31. The van der Waals surface area contributed by atoms with Crippen LogP contribution in [0, 0.1) is 0 Å². The monoisotopic (exact) mass is 209 g/mol. The molecule has 5 heteroatoms. The Morgan fingerprint density at radius 1 is 1.47 bits per heavy atom. The third-order valence-electron chi connectivity index (χ3n) is 2.07. The van der Waals surface area contributed by atoms with Crippen molar-refractivity contribution in [2.75, 3.05) is 20.3 Å². The molecule has 0 aromatic carbocycles. The van der Waals surface area contributed by atoms with E-state index in [1.165, 1.54) is 13.3 Å². The maximum Gasteiger partial charge on any atom is 0.339 e. The minimum absolute atomic E-state index is 0.401. The van der Waals surface area contributed by atoms with E-state index in [9.17, 15) is 4.79 Å². The molecule has 1 aliphatic heterocycles. The molecule has 0 atom stereocenters. The largest absolute Gasteiger partial charge is 0.465 e. The first-order valence-electron chi connectivity index (χ1n) is 4.59. The quantitative estimate of drug-likeness (QED) is 0.678. The molecule has 2 rings (SSSR count). The van der Waals surface area contributed by atoms with E-state index in [1.807, 2.05) is 0 Å². The Hall–Kier alpha value is -1.46. The number of carbonyl (C=O) groups is 1. The van der Waals surface area contributed by atoms with Crippen LogP contribution in [0.15, 0.2) is 18.3 Å². The van der Waals surface area contributed by atoms with Gasteiger partial charge in [0.15, 0.2) is 0 Å². The summed E-state index contributed by atoms with van der Waals surface area (Å²) in [4.78, 5) is 15.2. The number of hydrogen-bond donors (Lipinski definition) is 0. The van der Waals surface area contributed by atoms with Gasteiger partial charge in [-0.1, -0.05) is 0 Å². The van der Waals surface area contributed by atoms with E-state index in [0.717, 1.165) is 0 Å². The average Bonchev–Trinajstić information content (AvgIpc) is 2.82. The average molecular weight is 209 g/mol. The fourth-order valence-corrected chi connectivity index (χ4v) is 1.31. The van der Waals surface area contributed by atoms with Crippen molar-refractivity contribution in [3.63, 3.8) is 0 Å². The molecule has 0 spiro atoms. The molecule has 1 aromatic rings. The van der Waals surface area contributed by atoms with Crippen LogP contribution in [0.1, 0.15) is 22.3 Å². The van der Waals surface area contributed by atoms with Crippen LogP contribution in [-0.2, 0) is 14.2 Å². The highest BCUT2D eigenvalue weighted by Gasteiger charge is 2.19. The topological polar surface area (TPSA) is 57.7 Å². The normalized spacial score (nSPS) is 16.6. The summed E-state index contributed by atoms with van der Waals surface area (Å²) in [5.74, 6) is -0.401.